The summed E-state index contributed by atoms with van der Waals surface area (Å²) >= 11 is 0. The quantitative estimate of drug-likeness (QED) is 0.389. The summed E-state index contributed by atoms with van der Waals surface area (Å²) in [6.45, 7) is 13.3. The number of amidine groups is 1. The summed E-state index contributed by atoms with van der Waals surface area (Å²) in [6, 6.07) is -0.134. The molecule has 0 bridgehead atoms. The Kier molecular flexibility index (Phi) is 9.04. The van der Waals surface area contributed by atoms with Gasteiger partial charge in [-0.25, -0.2) is 4.79 Å². The van der Waals surface area contributed by atoms with Crippen LogP contribution in [0.2, 0.25) is 0 Å². The molecule has 3 unspecified atom stereocenters. The molecule has 1 saturated heterocycles. The number of hydrogen-bond acceptors (Lipinski definition) is 5. The van der Waals surface area contributed by atoms with Gasteiger partial charge in [-0.3, -0.25) is 4.79 Å². The number of piperidine rings is 1. The zero-order chi connectivity index (χ0) is 21.5. The molecule has 0 aromatic carbocycles. The minimum absolute atomic E-state index is 0.100. The molecule has 0 aromatic rings. The van der Waals surface area contributed by atoms with E-state index in [1.165, 1.54) is 0 Å². The molecule has 8 heteroatoms. The number of likely N-dealkylation sites (tertiary alicyclic amines) is 1. The molecule has 28 heavy (non-hydrogen) atoms. The first-order valence-corrected chi connectivity index (χ1v) is 10.2. The van der Waals surface area contributed by atoms with E-state index in [1.54, 1.807) is 20.8 Å². The number of amides is 2. The Morgan fingerprint density at radius 1 is 1.21 bits per heavy atom. The van der Waals surface area contributed by atoms with Crippen molar-refractivity contribution in [3.05, 3.63) is 0 Å². The van der Waals surface area contributed by atoms with Crippen LogP contribution in [0.4, 0.5) is 4.79 Å². The highest BCUT2D eigenvalue weighted by Gasteiger charge is 2.29. The number of nitrogens with two attached hydrogens (primary N) is 1. The third-order valence-corrected chi connectivity index (χ3v) is 4.59. The fraction of sp³-hybridized carbons (Fsp3) is 0.850. The molecule has 1 rings (SSSR count). The van der Waals surface area contributed by atoms with Crippen LogP contribution >= 0.6 is 0 Å². The third-order valence-electron chi connectivity index (χ3n) is 4.59. The number of carbonyl (C=O) groups excluding carboxylic acids is 2. The predicted molar refractivity (Wildman–Crippen MR) is 110 cm³/mol. The zero-order valence-corrected chi connectivity index (χ0v) is 18.4. The number of nitrogens with zero attached hydrogens (tertiary/aromatic N) is 2. The SMILES string of the molecule is CC(C)CC(NC(=O)OC(C)(C)C)/C(N)=N/OCC(=O)N1C(C)CCCC1C. The average molecular weight is 399 g/mol. The second-order valence-electron chi connectivity index (χ2n) is 9.05. The van der Waals surface area contributed by atoms with Crippen LogP contribution in [0.5, 0.6) is 0 Å². The molecule has 0 aromatic heterocycles. The highest BCUT2D eigenvalue weighted by Crippen LogP contribution is 2.22. The van der Waals surface area contributed by atoms with Gasteiger partial charge in [-0.2, -0.15) is 0 Å². The van der Waals surface area contributed by atoms with Crippen LogP contribution in [0.15, 0.2) is 5.16 Å². The second kappa shape index (κ2) is 10.5. The third kappa shape index (κ3) is 8.35. The van der Waals surface area contributed by atoms with E-state index in [-0.39, 0.29) is 36.4 Å². The van der Waals surface area contributed by atoms with Gasteiger partial charge in [0.1, 0.15) is 5.60 Å². The summed E-state index contributed by atoms with van der Waals surface area (Å²) in [5, 5.41) is 6.62. The lowest BCUT2D eigenvalue weighted by Gasteiger charge is -2.38. The molecular formula is C20H38N4O4. The molecular weight excluding hydrogens is 360 g/mol. The van der Waals surface area contributed by atoms with E-state index in [0.29, 0.717) is 6.42 Å². The number of nitrogens with one attached hydrogen (secondary N) is 1. The number of hydrogen-bond donors (Lipinski definition) is 2. The van der Waals surface area contributed by atoms with Crippen molar-refractivity contribution >= 4 is 17.8 Å². The second-order valence-corrected chi connectivity index (χ2v) is 9.05. The van der Waals surface area contributed by atoms with Gasteiger partial charge in [-0.1, -0.05) is 19.0 Å². The van der Waals surface area contributed by atoms with Gasteiger partial charge in [0.05, 0.1) is 6.04 Å². The molecule has 1 fully saturated rings. The minimum Gasteiger partial charge on any atom is -0.444 e. The summed E-state index contributed by atoms with van der Waals surface area (Å²) in [7, 11) is 0. The topological polar surface area (TPSA) is 106 Å². The van der Waals surface area contributed by atoms with Gasteiger partial charge in [0, 0.05) is 12.1 Å². The molecule has 162 valence electrons. The Morgan fingerprint density at radius 3 is 2.29 bits per heavy atom. The van der Waals surface area contributed by atoms with Crippen LogP contribution in [0.25, 0.3) is 0 Å². The largest absolute Gasteiger partial charge is 0.444 e. The van der Waals surface area contributed by atoms with E-state index in [9.17, 15) is 9.59 Å². The van der Waals surface area contributed by atoms with Crippen molar-refractivity contribution in [1.29, 1.82) is 0 Å². The van der Waals surface area contributed by atoms with Crippen LogP contribution in [0.3, 0.4) is 0 Å². The Hall–Kier alpha value is -1.99. The minimum atomic E-state index is -0.608. The van der Waals surface area contributed by atoms with Crippen molar-refractivity contribution < 1.29 is 19.2 Å². The van der Waals surface area contributed by atoms with Crippen molar-refractivity contribution in [3.8, 4) is 0 Å². The summed E-state index contributed by atoms with van der Waals surface area (Å²) in [6.07, 6.45) is 3.13. The number of carbonyl (C=O) groups is 2. The van der Waals surface area contributed by atoms with E-state index in [1.807, 2.05) is 18.7 Å². The number of rotatable bonds is 7. The Morgan fingerprint density at radius 2 is 1.79 bits per heavy atom. The summed E-state index contributed by atoms with van der Waals surface area (Å²) in [5.74, 6) is 0.286. The summed E-state index contributed by atoms with van der Waals surface area (Å²) in [5.41, 5.74) is 5.42. The molecule has 0 radical (unpaired) electrons. The van der Waals surface area contributed by atoms with E-state index in [4.69, 9.17) is 15.3 Å². The molecule has 1 aliphatic heterocycles. The van der Waals surface area contributed by atoms with Crippen LogP contribution in [-0.2, 0) is 14.4 Å². The zero-order valence-electron chi connectivity index (χ0n) is 18.4. The van der Waals surface area contributed by atoms with Crippen LogP contribution < -0.4 is 11.1 Å². The first kappa shape index (κ1) is 24.0. The van der Waals surface area contributed by atoms with E-state index < -0.39 is 17.7 Å². The van der Waals surface area contributed by atoms with Crippen molar-refractivity contribution in [2.24, 2.45) is 16.8 Å². The van der Waals surface area contributed by atoms with E-state index >= 15 is 0 Å². The highest BCUT2D eigenvalue weighted by atomic mass is 16.6. The Balaban J connectivity index is 2.66. The number of alkyl carbamates (subject to hydrolysis) is 1. The first-order valence-electron chi connectivity index (χ1n) is 10.2. The number of ether oxygens (including phenoxy) is 1. The molecule has 8 nitrogen and oxygen atoms in total. The molecule has 0 spiro atoms. The summed E-state index contributed by atoms with van der Waals surface area (Å²) < 4.78 is 5.28. The van der Waals surface area contributed by atoms with Crippen molar-refractivity contribution in [2.75, 3.05) is 6.61 Å². The van der Waals surface area contributed by atoms with Crippen molar-refractivity contribution in [3.63, 3.8) is 0 Å². The molecule has 0 aliphatic carbocycles. The van der Waals surface area contributed by atoms with Gasteiger partial charge < -0.3 is 25.5 Å². The number of oxime groups is 1. The molecule has 2 amide bonds. The monoisotopic (exact) mass is 398 g/mol. The fourth-order valence-corrected chi connectivity index (χ4v) is 3.39. The molecule has 3 atom stereocenters. The first-order chi connectivity index (χ1) is 12.9. The van der Waals surface area contributed by atoms with Gasteiger partial charge in [0.15, 0.2) is 12.4 Å². The van der Waals surface area contributed by atoms with Gasteiger partial charge in [0.2, 0.25) is 0 Å². The van der Waals surface area contributed by atoms with Crippen LogP contribution in [0, 0.1) is 5.92 Å². The lowest BCUT2D eigenvalue weighted by molar-refractivity contribution is -0.142. The molecule has 1 heterocycles. The van der Waals surface area contributed by atoms with Crippen LogP contribution in [-0.4, -0.2) is 53.1 Å². The van der Waals surface area contributed by atoms with Gasteiger partial charge >= 0.3 is 6.09 Å². The molecule has 1 aliphatic rings. The maximum absolute atomic E-state index is 12.5. The Bertz CT molecular complexity index is 547. The fourth-order valence-electron chi connectivity index (χ4n) is 3.39. The molecule has 0 saturated carbocycles. The summed E-state index contributed by atoms with van der Waals surface area (Å²) in [4.78, 5) is 31.6. The van der Waals surface area contributed by atoms with Crippen molar-refractivity contribution in [2.45, 2.75) is 97.9 Å². The van der Waals surface area contributed by atoms with Gasteiger partial charge in [0.25, 0.3) is 5.91 Å². The maximum Gasteiger partial charge on any atom is 0.408 e. The normalized spacial score (nSPS) is 22.0. The van der Waals surface area contributed by atoms with Gasteiger partial charge in [-0.15, -0.1) is 0 Å². The molecule has 3 N–H and O–H groups in total. The smallest absolute Gasteiger partial charge is 0.408 e. The van der Waals surface area contributed by atoms with Gasteiger partial charge in [-0.05, 0) is 66.2 Å². The lowest BCUT2D eigenvalue weighted by atomic mass is 9.97. The van der Waals surface area contributed by atoms with E-state index in [2.05, 4.69) is 24.3 Å². The van der Waals surface area contributed by atoms with E-state index in [0.717, 1.165) is 19.3 Å². The predicted octanol–water partition coefficient (Wildman–Crippen LogP) is 3.00. The van der Waals surface area contributed by atoms with Crippen molar-refractivity contribution in [1.82, 2.24) is 10.2 Å². The highest BCUT2D eigenvalue weighted by molar-refractivity contribution is 5.88. The standard InChI is InChI=1S/C20H38N4O4/c1-13(2)11-16(22-19(26)28-20(5,6)7)18(21)23-27-12-17(25)24-14(3)9-8-10-15(24)4/h13-16H,8-12H2,1-7H3,(H2,21,23)(H,22,26). The Labute approximate surface area is 169 Å². The average Bonchev–Trinajstić information content (AvgIpc) is 2.51. The maximum atomic E-state index is 12.5. The lowest BCUT2D eigenvalue weighted by Crippen LogP contribution is -2.49. The van der Waals surface area contributed by atoms with Crippen LogP contribution in [0.1, 0.15) is 74.1 Å².